The summed E-state index contributed by atoms with van der Waals surface area (Å²) in [6.45, 7) is 3.66. The van der Waals surface area contributed by atoms with E-state index >= 15 is 0 Å². The van der Waals surface area contributed by atoms with Crippen molar-refractivity contribution in [2.75, 3.05) is 40.3 Å². The molecule has 1 aromatic carbocycles. The normalized spacial score (nSPS) is 25.2. The highest BCUT2D eigenvalue weighted by molar-refractivity contribution is 6.11. The predicted molar refractivity (Wildman–Crippen MR) is 109 cm³/mol. The SMILES string of the molecule is Cc1ccccc1C1(CC(=O)N2CCCC(O)C2)CC(=O)N(CCN(C)C)C1=O. The van der Waals surface area contributed by atoms with Crippen molar-refractivity contribution < 1.29 is 19.5 Å². The number of hydrogen-bond donors (Lipinski definition) is 1. The Morgan fingerprint density at radius 2 is 2.00 bits per heavy atom. The first-order valence-corrected chi connectivity index (χ1v) is 10.3. The van der Waals surface area contributed by atoms with Crippen molar-refractivity contribution >= 4 is 17.7 Å². The quantitative estimate of drug-likeness (QED) is 0.717. The lowest BCUT2D eigenvalue weighted by atomic mass is 9.73. The molecule has 2 aliphatic rings. The van der Waals surface area contributed by atoms with Crippen LogP contribution in [0.5, 0.6) is 0 Å². The van der Waals surface area contributed by atoms with E-state index in [4.69, 9.17) is 0 Å². The fourth-order valence-electron chi connectivity index (χ4n) is 4.43. The number of β-amino-alcohol motifs (C(OH)–C–C–N with tert-alkyl or cyclic N) is 1. The average molecular weight is 402 g/mol. The number of amides is 3. The Balaban J connectivity index is 1.93. The molecule has 2 atom stereocenters. The Labute approximate surface area is 172 Å². The molecule has 1 aromatic rings. The van der Waals surface area contributed by atoms with E-state index in [0.29, 0.717) is 26.1 Å². The number of nitrogens with zero attached hydrogens (tertiary/aromatic N) is 3. The number of likely N-dealkylation sites (tertiary alicyclic amines) is 2. The second kappa shape index (κ2) is 8.63. The minimum Gasteiger partial charge on any atom is -0.391 e. The van der Waals surface area contributed by atoms with E-state index in [1.165, 1.54) is 4.90 Å². The maximum absolute atomic E-state index is 13.6. The first-order chi connectivity index (χ1) is 13.7. The van der Waals surface area contributed by atoms with Crippen LogP contribution in [0.4, 0.5) is 0 Å². The Hall–Kier alpha value is -2.25. The summed E-state index contributed by atoms with van der Waals surface area (Å²) >= 11 is 0. The average Bonchev–Trinajstić information content (AvgIpc) is 2.90. The topological polar surface area (TPSA) is 81.2 Å². The van der Waals surface area contributed by atoms with Crippen molar-refractivity contribution in [3.63, 3.8) is 0 Å². The van der Waals surface area contributed by atoms with E-state index in [2.05, 4.69) is 0 Å². The smallest absolute Gasteiger partial charge is 0.240 e. The first kappa shape index (κ1) is 21.5. The van der Waals surface area contributed by atoms with Crippen LogP contribution in [0.3, 0.4) is 0 Å². The van der Waals surface area contributed by atoms with Gasteiger partial charge in [-0.15, -0.1) is 0 Å². The molecule has 0 spiro atoms. The van der Waals surface area contributed by atoms with Crippen molar-refractivity contribution in [2.45, 2.75) is 44.1 Å². The highest BCUT2D eigenvalue weighted by atomic mass is 16.3. The van der Waals surface area contributed by atoms with Gasteiger partial charge in [-0.3, -0.25) is 19.3 Å². The molecule has 2 saturated heterocycles. The number of benzene rings is 1. The van der Waals surface area contributed by atoms with Gasteiger partial charge in [-0.25, -0.2) is 0 Å². The van der Waals surface area contributed by atoms with Crippen LogP contribution in [0.2, 0.25) is 0 Å². The van der Waals surface area contributed by atoms with E-state index in [1.807, 2.05) is 50.2 Å². The highest BCUT2D eigenvalue weighted by Crippen LogP contribution is 2.41. The summed E-state index contributed by atoms with van der Waals surface area (Å²) in [6, 6.07) is 7.50. The minimum absolute atomic E-state index is 0.00620. The van der Waals surface area contributed by atoms with Crippen molar-refractivity contribution in [1.29, 1.82) is 0 Å². The van der Waals surface area contributed by atoms with Crippen molar-refractivity contribution in [3.8, 4) is 0 Å². The van der Waals surface area contributed by atoms with Gasteiger partial charge in [0.05, 0.1) is 11.5 Å². The molecule has 29 heavy (non-hydrogen) atoms. The number of aliphatic hydroxyl groups excluding tert-OH is 1. The molecule has 7 nitrogen and oxygen atoms in total. The van der Waals surface area contributed by atoms with Gasteiger partial charge in [0.25, 0.3) is 0 Å². The van der Waals surface area contributed by atoms with Crippen LogP contribution in [0.25, 0.3) is 0 Å². The van der Waals surface area contributed by atoms with Gasteiger partial charge in [-0.2, -0.15) is 0 Å². The molecule has 0 aliphatic carbocycles. The van der Waals surface area contributed by atoms with Gasteiger partial charge in [-0.05, 0) is 45.0 Å². The first-order valence-electron chi connectivity index (χ1n) is 10.3. The van der Waals surface area contributed by atoms with E-state index in [0.717, 1.165) is 17.5 Å². The van der Waals surface area contributed by atoms with Gasteiger partial charge in [0.15, 0.2) is 0 Å². The Morgan fingerprint density at radius 3 is 2.66 bits per heavy atom. The zero-order valence-electron chi connectivity index (χ0n) is 17.6. The maximum Gasteiger partial charge on any atom is 0.240 e. The van der Waals surface area contributed by atoms with E-state index < -0.39 is 11.5 Å². The second-order valence-electron chi connectivity index (χ2n) is 8.54. The fourth-order valence-corrected chi connectivity index (χ4v) is 4.43. The third-order valence-corrected chi connectivity index (χ3v) is 6.04. The summed E-state index contributed by atoms with van der Waals surface area (Å²) in [5, 5.41) is 9.94. The van der Waals surface area contributed by atoms with Crippen LogP contribution < -0.4 is 0 Å². The number of rotatable bonds is 6. The molecule has 0 radical (unpaired) electrons. The van der Waals surface area contributed by atoms with Crippen LogP contribution in [0.15, 0.2) is 24.3 Å². The summed E-state index contributed by atoms with van der Waals surface area (Å²) in [4.78, 5) is 44.4. The lowest BCUT2D eigenvalue weighted by Crippen LogP contribution is -2.47. The van der Waals surface area contributed by atoms with Crippen LogP contribution in [0, 0.1) is 6.92 Å². The lowest BCUT2D eigenvalue weighted by Gasteiger charge is -2.34. The van der Waals surface area contributed by atoms with Crippen LogP contribution >= 0.6 is 0 Å². The van der Waals surface area contributed by atoms with Gasteiger partial charge in [0.1, 0.15) is 0 Å². The standard InChI is InChI=1S/C22H31N3O4/c1-16-7-4-5-9-18(16)22(13-19(27)24-10-6-8-17(26)15-24)14-20(28)25(21(22)29)12-11-23(2)3/h4-5,7,9,17,26H,6,8,10-15H2,1-3H3. The molecular weight excluding hydrogens is 370 g/mol. The Morgan fingerprint density at radius 1 is 1.28 bits per heavy atom. The molecule has 0 saturated carbocycles. The number of imide groups is 1. The van der Waals surface area contributed by atoms with Gasteiger partial charge < -0.3 is 14.9 Å². The molecule has 3 amide bonds. The summed E-state index contributed by atoms with van der Waals surface area (Å²) in [5.74, 6) is -0.696. The number of hydrogen-bond acceptors (Lipinski definition) is 5. The van der Waals surface area contributed by atoms with E-state index in [1.54, 1.807) is 4.90 Å². The largest absolute Gasteiger partial charge is 0.391 e. The molecule has 2 fully saturated rings. The number of aliphatic hydroxyl groups is 1. The number of aryl methyl sites for hydroxylation is 1. The molecule has 3 rings (SSSR count). The Kier molecular flexibility index (Phi) is 6.39. The minimum atomic E-state index is -1.17. The third kappa shape index (κ3) is 4.36. The molecular formula is C22H31N3O4. The molecule has 1 N–H and O–H groups in total. The number of likely N-dealkylation sites (N-methyl/N-ethyl adjacent to an activating group) is 1. The van der Waals surface area contributed by atoms with Crippen LogP contribution in [-0.2, 0) is 19.8 Å². The number of carbonyl (C=O) groups is 3. The van der Waals surface area contributed by atoms with Crippen LogP contribution in [-0.4, -0.2) is 83.9 Å². The summed E-state index contributed by atoms with van der Waals surface area (Å²) < 4.78 is 0. The summed E-state index contributed by atoms with van der Waals surface area (Å²) in [6.07, 6.45) is 0.855. The van der Waals surface area contributed by atoms with Crippen molar-refractivity contribution in [3.05, 3.63) is 35.4 Å². The van der Waals surface area contributed by atoms with E-state index in [-0.39, 0.29) is 37.1 Å². The maximum atomic E-state index is 13.6. The third-order valence-electron chi connectivity index (χ3n) is 6.04. The van der Waals surface area contributed by atoms with Gasteiger partial charge >= 0.3 is 0 Å². The monoisotopic (exact) mass is 401 g/mol. The van der Waals surface area contributed by atoms with Gasteiger partial charge in [0.2, 0.25) is 17.7 Å². The molecule has 0 bridgehead atoms. The number of piperidine rings is 1. The predicted octanol–water partition coefficient (Wildman–Crippen LogP) is 0.927. The van der Waals surface area contributed by atoms with Gasteiger partial charge in [0, 0.05) is 39.0 Å². The molecule has 2 unspecified atom stereocenters. The van der Waals surface area contributed by atoms with Crippen molar-refractivity contribution in [1.82, 2.24) is 14.7 Å². The second-order valence-corrected chi connectivity index (χ2v) is 8.54. The zero-order chi connectivity index (χ0) is 21.2. The lowest BCUT2D eigenvalue weighted by molar-refractivity contribution is -0.143. The molecule has 158 valence electrons. The van der Waals surface area contributed by atoms with Gasteiger partial charge in [-0.1, -0.05) is 24.3 Å². The molecule has 2 heterocycles. The molecule has 0 aromatic heterocycles. The molecule has 7 heteroatoms. The summed E-state index contributed by atoms with van der Waals surface area (Å²) in [7, 11) is 3.79. The zero-order valence-corrected chi connectivity index (χ0v) is 17.6. The molecule has 2 aliphatic heterocycles. The summed E-state index contributed by atoms with van der Waals surface area (Å²) in [5.41, 5.74) is 0.472. The fraction of sp³-hybridized carbons (Fsp3) is 0.591. The number of carbonyl (C=O) groups excluding carboxylic acids is 3. The highest BCUT2D eigenvalue weighted by Gasteiger charge is 2.54. The van der Waals surface area contributed by atoms with Crippen LogP contribution in [0.1, 0.15) is 36.8 Å². The van der Waals surface area contributed by atoms with E-state index in [9.17, 15) is 19.5 Å². The Bertz CT molecular complexity index is 794. The van der Waals surface area contributed by atoms with Crippen molar-refractivity contribution in [2.24, 2.45) is 0 Å².